The summed E-state index contributed by atoms with van der Waals surface area (Å²) in [6.45, 7) is 3.88. The Balaban J connectivity index is 1.35. The van der Waals surface area contributed by atoms with Gasteiger partial charge in [-0.05, 0) is 47.7 Å². The third-order valence-corrected chi connectivity index (χ3v) is 6.16. The number of amides is 1. The van der Waals surface area contributed by atoms with Crippen molar-refractivity contribution in [2.75, 3.05) is 38.6 Å². The van der Waals surface area contributed by atoms with E-state index >= 15 is 0 Å². The first kappa shape index (κ1) is 15.7. The minimum Gasteiger partial charge on any atom is -0.378 e. The summed E-state index contributed by atoms with van der Waals surface area (Å²) in [5.74, 6) is 0.157. The Morgan fingerprint density at radius 2 is 1.92 bits per heavy atom. The summed E-state index contributed by atoms with van der Waals surface area (Å²) in [5, 5.41) is 2.20. The number of hydrogen-bond donors (Lipinski definition) is 0. The normalized spacial score (nSPS) is 18.2. The molecule has 126 valence electrons. The monoisotopic (exact) mass is 341 g/mol. The molecule has 0 radical (unpaired) electrons. The predicted molar refractivity (Wildman–Crippen MR) is 98.9 cm³/mol. The van der Waals surface area contributed by atoms with Crippen LogP contribution in [0.3, 0.4) is 0 Å². The summed E-state index contributed by atoms with van der Waals surface area (Å²) in [4.78, 5) is 20.7. The molecule has 0 bridgehead atoms. The van der Waals surface area contributed by atoms with E-state index in [0.29, 0.717) is 6.04 Å². The van der Waals surface area contributed by atoms with Gasteiger partial charge in [-0.25, -0.2) is 0 Å². The first-order chi connectivity index (χ1) is 11.6. The van der Waals surface area contributed by atoms with Crippen molar-refractivity contribution < 1.29 is 4.79 Å². The Morgan fingerprint density at radius 3 is 2.62 bits per heavy atom. The summed E-state index contributed by atoms with van der Waals surface area (Å²) in [5.41, 5.74) is 3.39. The van der Waals surface area contributed by atoms with E-state index in [2.05, 4.69) is 16.3 Å². The summed E-state index contributed by atoms with van der Waals surface area (Å²) < 4.78 is 0. The van der Waals surface area contributed by atoms with Crippen molar-refractivity contribution in [3.63, 3.8) is 0 Å². The van der Waals surface area contributed by atoms with Crippen LogP contribution in [0.2, 0.25) is 0 Å². The number of carbonyl (C=O) groups excluding carboxylic acids is 1. The van der Waals surface area contributed by atoms with E-state index in [1.54, 1.807) is 4.88 Å². The molecule has 4 nitrogen and oxygen atoms in total. The molecule has 5 heteroatoms. The Kier molecular flexibility index (Phi) is 4.06. The molecule has 0 atom stereocenters. The van der Waals surface area contributed by atoms with Crippen molar-refractivity contribution in [1.29, 1.82) is 0 Å². The third kappa shape index (κ3) is 2.82. The lowest BCUT2D eigenvalue weighted by atomic mass is 10.0. The molecule has 1 aromatic carbocycles. The van der Waals surface area contributed by atoms with Crippen molar-refractivity contribution in [1.82, 2.24) is 9.80 Å². The molecule has 2 aromatic rings. The lowest BCUT2D eigenvalue weighted by molar-refractivity contribution is 0.0221. The Hall–Kier alpha value is -1.85. The van der Waals surface area contributed by atoms with Crippen LogP contribution in [0.5, 0.6) is 0 Å². The van der Waals surface area contributed by atoms with Gasteiger partial charge >= 0.3 is 0 Å². The fourth-order valence-electron chi connectivity index (χ4n) is 3.52. The number of rotatable bonds is 3. The zero-order valence-corrected chi connectivity index (χ0v) is 15.1. The second-order valence-corrected chi connectivity index (χ2v) is 7.90. The summed E-state index contributed by atoms with van der Waals surface area (Å²) in [6.07, 6.45) is 1.16. The molecule has 1 amide bonds. The van der Waals surface area contributed by atoms with Crippen molar-refractivity contribution >= 4 is 22.9 Å². The Labute approximate surface area is 147 Å². The molecule has 2 aliphatic heterocycles. The number of thiophene rings is 1. The van der Waals surface area contributed by atoms with Gasteiger partial charge in [-0.2, -0.15) is 0 Å². The predicted octanol–water partition coefficient (Wildman–Crippen LogP) is 2.70. The number of anilines is 1. The summed E-state index contributed by atoms with van der Waals surface area (Å²) in [7, 11) is 4.02. The fourth-order valence-corrected chi connectivity index (χ4v) is 4.41. The van der Waals surface area contributed by atoms with Crippen molar-refractivity contribution in [3.8, 4) is 0 Å². The van der Waals surface area contributed by atoms with Crippen LogP contribution in [0.15, 0.2) is 35.7 Å². The highest BCUT2D eigenvalue weighted by molar-refractivity contribution is 7.10. The van der Waals surface area contributed by atoms with E-state index < -0.39 is 0 Å². The van der Waals surface area contributed by atoms with Crippen molar-refractivity contribution in [2.24, 2.45) is 0 Å². The molecule has 0 unspecified atom stereocenters. The smallest absolute Gasteiger partial charge is 0.253 e. The van der Waals surface area contributed by atoms with Gasteiger partial charge in [0.2, 0.25) is 0 Å². The molecule has 24 heavy (non-hydrogen) atoms. The highest BCUT2D eigenvalue weighted by Gasteiger charge is 2.36. The first-order valence-electron chi connectivity index (χ1n) is 8.48. The number of likely N-dealkylation sites (tertiary alicyclic amines) is 1. The van der Waals surface area contributed by atoms with Gasteiger partial charge in [0, 0.05) is 62.4 Å². The molecule has 1 aromatic heterocycles. The van der Waals surface area contributed by atoms with Gasteiger partial charge in [-0.15, -0.1) is 11.3 Å². The highest BCUT2D eigenvalue weighted by atomic mass is 32.1. The molecule has 0 spiro atoms. The molecule has 2 aliphatic rings. The second kappa shape index (κ2) is 6.22. The van der Waals surface area contributed by atoms with Crippen molar-refractivity contribution in [2.45, 2.75) is 19.0 Å². The van der Waals surface area contributed by atoms with E-state index in [1.807, 2.05) is 59.5 Å². The van der Waals surface area contributed by atoms with Crippen LogP contribution in [0.25, 0.3) is 0 Å². The van der Waals surface area contributed by atoms with Crippen LogP contribution in [0.1, 0.15) is 20.8 Å². The SMILES string of the molecule is CN(C)c1ccc(C(=O)N2CC(N3CCc4sccc4C3)C2)cc1. The maximum atomic E-state index is 12.6. The average molecular weight is 341 g/mol. The van der Waals surface area contributed by atoms with Crippen LogP contribution < -0.4 is 4.90 Å². The molecule has 0 saturated carbocycles. The van der Waals surface area contributed by atoms with Gasteiger partial charge in [-0.1, -0.05) is 0 Å². The van der Waals surface area contributed by atoms with Crippen LogP contribution in [0.4, 0.5) is 5.69 Å². The number of benzene rings is 1. The molecular weight excluding hydrogens is 318 g/mol. The molecule has 0 N–H and O–H groups in total. The second-order valence-electron chi connectivity index (χ2n) is 6.89. The van der Waals surface area contributed by atoms with E-state index in [0.717, 1.165) is 43.9 Å². The van der Waals surface area contributed by atoms with Gasteiger partial charge < -0.3 is 9.80 Å². The first-order valence-corrected chi connectivity index (χ1v) is 9.36. The van der Waals surface area contributed by atoms with Crippen LogP contribution in [0, 0.1) is 0 Å². The fraction of sp³-hybridized carbons (Fsp3) is 0.421. The van der Waals surface area contributed by atoms with E-state index in [4.69, 9.17) is 0 Å². The third-order valence-electron chi connectivity index (χ3n) is 5.13. The van der Waals surface area contributed by atoms with E-state index in [1.165, 1.54) is 5.56 Å². The number of fused-ring (bicyclic) bond motifs is 1. The zero-order chi connectivity index (χ0) is 16.7. The Morgan fingerprint density at radius 1 is 1.17 bits per heavy atom. The molecule has 1 fully saturated rings. The van der Waals surface area contributed by atoms with Crippen LogP contribution >= 0.6 is 11.3 Å². The van der Waals surface area contributed by atoms with Gasteiger partial charge in [0.1, 0.15) is 0 Å². The molecule has 3 heterocycles. The topological polar surface area (TPSA) is 26.8 Å². The van der Waals surface area contributed by atoms with Crippen molar-refractivity contribution in [3.05, 3.63) is 51.7 Å². The minimum atomic E-state index is 0.157. The van der Waals surface area contributed by atoms with Crippen LogP contribution in [-0.2, 0) is 13.0 Å². The standard InChI is InChI=1S/C19H23N3OS/c1-20(2)16-5-3-14(4-6-16)19(23)22-12-17(13-22)21-9-7-18-15(11-21)8-10-24-18/h3-6,8,10,17H,7,9,11-13H2,1-2H3. The largest absolute Gasteiger partial charge is 0.378 e. The molecule has 1 saturated heterocycles. The van der Waals surface area contributed by atoms with Crippen LogP contribution in [-0.4, -0.2) is 55.5 Å². The molecule has 0 aliphatic carbocycles. The van der Waals surface area contributed by atoms with Gasteiger partial charge in [0.05, 0.1) is 0 Å². The lowest BCUT2D eigenvalue weighted by Gasteiger charge is -2.46. The summed E-state index contributed by atoms with van der Waals surface area (Å²) in [6, 6.07) is 10.6. The van der Waals surface area contributed by atoms with E-state index in [9.17, 15) is 4.79 Å². The molecule has 4 rings (SSSR count). The molecular formula is C19H23N3OS. The maximum absolute atomic E-state index is 12.6. The van der Waals surface area contributed by atoms with Gasteiger partial charge in [0.25, 0.3) is 5.91 Å². The number of carbonyl (C=O) groups is 1. The summed E-state index contributed by atoms with van der Waals surface area (Å²) >= 11 is 1.88. The average Bonchev–Trinajstić information content (AvgIpc) is 3.01. The number of nitrogens with zero attached hydrogens (tertiary/aromatic N) is 3. The van der Waals surface area contributed by atoms with Gasteiger partial charge in [0.15, 0.2) is 0 Å². The number of hydrogen-bond acceptors (Lipinski definition) is 4. The van der Waals surface area contributed by atoms with Gasteiger partial charge in [-0.3, -0.25) is 9.69 Å². The zero-order valence-electron chi connectivity index (χ0n) is 14.2. The van der Waals surface area contributed by atoms with E-state index in [-0.39, 0.29) is 5.91 Å². The lowest BCUT2D eigenvalue weighted by Crippen LogP contribution is -2.61. The highest BCUT2D eigenvalue weighted by Crippen LogP contribution is 2.28. The Bertz CT molecular complexity index is 731. The minimum absolute atomic E-state index is 0.157. The maximum Gasteiger partial charge on any atom is 0.253 e. The quantitative estimate of drug-likeness (QED) is 0.859.